The van der Waals surface area contributed by atoms with Gasteiger partial charge in [-0.1, -0.05) is 39.5 Å². The van der Waals surface area contributed by atoms with Crippen molar-refractivity contribution in [2.45, 2.75) is 72.0 Å². The van der Waals surface area contributed by atoms with E-state index in [1.54, 1.807) is 13.8 Å². The number of ether oxygens (including phenoxy) is 3. The van der Waals surface area contributed by atoms with Crippen molar-refractivity contribution in [2.75, 3.05) is 19.8 Å². The Morgan fingerprint density at radius 3 is 1.74 bits per heavy atom. The van der Waals surface area contributed by atoms with Crippen LogP contribution in [0.5, 0.6) is 0 Å². The van der Waals surface area contributed by atoms with Gasteiger partial charge in [0.25, 0.3) is 5.79 Å². The highest BCUT2D eigenvalue weighted by Gasteiger charge is 2.37. The first kappa shape index (κ1) is 18.4. The Bertz CT molecular complexity index is 216. The van der Waals surface area contributed by atoms with Crippen molar-refractivity contribution in [1.29, 1.82) is 0 Å². The van der Waals surface area contributed by atoms with E-state index in [1.165, 1.54) is 0 Å². The zero-order valence-electron chi connectivity index (χ0n) is 13.0. The first-order chi connectivity index (χ1) is 9.10. The fourth-order valence-electron chi connectivity index (χ4n) is 1.66. The number of esters is 1. The van der Waals surface area contributed by atoms with Crippen LogP contribution in [0.3, 0.4) is 0 Å². The zero-order valence-corrected chi connectivity index (χ0v) is 13.0. The van der Waals surface area contributed by atoms with Gasteiger partial charge in [-0.3, -0.25) is 0 Å². The van der Waals surface area contributed by atoms with Crippen molar-refractivity contribution in [3.63, 3.8) is 0 Å². The summed E-state index contributed by atoms with van der Waals surface area (Å²) in [5.74, 6) is -1.68. The molecule has 0 aromatic rings. The summed E-state index contributed by atoms with van der Waals surface area (Å²) in [6.45, 7) is 9.09. The summed E-state index contributed by atoms with van der Waals surface area (Å²) in [7, 11) is 0. The first-order valence-electron chi connectivity index (χ1n) is 7.55. The van der Waals surface area contributed by atoms with E-state index < -0.39 is 11.8 Å². The van der Waals surface area contributed by atoms with Crippen molar-refractivity contribution in [3.8, 4) is 0 Å². The summed E-state index contributed by atoms with van der Waals surface area (Å²) in [4.78, 5) is 11.9. The van der Waals surface area contributed by atoms with E-state index in [9.17, 15) is 4.79 Å². The van der Waals surface area contributed by atoms with Gasteiger partial charge >= 0.3 is 5.97 Å². The third kappa shape index (κ3) is 8.22. The molecule has 0 aliphatic rings. The van der Waals surface area contributed by atoms with Crippen LogP contribution >= 0.6 is 0 Å². The van der Waals surface area contributed by atoms with Crippen LogP contribution in [0.25, 0.3) is 0 Å². The molecule has 0 aromatic heterocycles. The Hall–Kier alpha value is -0.610. The molecule has 4 nitrogen and oxygen atoms in total. The first-order valence-corrected chi connectivity index (χ1v) is 7.55. The average Bonchev–Trinajstić information content (AvgIpc) is 2.40. The number of rotatable bonds is 12. The molecule has 0 rings (SSSR count). The third-order valence-electron chi connectivity index (χ3n) is 2.90. The molecule has 0 aliphatic carbocycles. The summed E-state index contributed by atoms with van der Waals surface area (Å²) in [6.07, 6.45) is 6.30. The highest BCUT2D eigenvalue weighted by Crippen LogP contribution is 2.17. The Kier molecular flexibility index (Phi) is 10.9. The van der Waals surface area contributed by atoms with Crippen LogP contribution in [-0.2, 0) is 19.0 Å². The number of hydrogen-bond acceptors (Lipinski definition) is 4. The van der Waals surface area contributed by atoms with Crippen LogP contribution < -0.4 is 0 Å². The standard InChI is InChI=1S/C15H30O4/c1-5-8-10-12-18-15(4,14(16)17-7-3)19-13-11-9-6-2/h5-13H2,1-4H3. The smallest absolute Gasteiger partial charge is 0.366 e. The van der Waals surface area contributed by atoms with Crippen molar-refractivity contribution in [1.82, 2.24) is 0 Å². The molecule has 114 valence electrons. The van der Waals surface area contributed by atoms with E-state index in [4.69, 9.17) is 14.2 Å². The maximum atomic E-state index is 11.9. The van der Waals surface area contributed by atoms with Gasteiger partial charge in [0.1, 0.15) is 0 Å². The van der Waals surface area contributed by atoms with Gasteiger partial charge in [0, 0.05) is 6.92 Å². The van der Waals surface area contributed by atoms with Crippen LogP contribution in [0.15, 0.2) is 0 Å². The van der Waals surface area contributed by atoms with Gasteiger partial charge < -0.3 is 14.2 Å². The molecule has 19 heavy (non-hydrogen) atoms. The van der Waals surface area contributed by atoms with E-state index in [2.05, 4.69) is 13.8 Å². The Labute approximate surface area is 117 Å². The lowest BCUT2D eigenvalue weighted by molar-refractivity contribution is -0.241. The monoisotopic (exact) mass is 274 g/mol. The largest absolute Gasteiger partial charge is 0.462 e. The van der Waals surface area contributed by atoms with E-state index in [-0.39, 0.29) is 0 Å². The molecule has 0 radical (unpaired) electrons. The molecule has 0 unspecified atom stereocenters. The minimum atomic E-state index is -1.25. The second kappa shape index (κ2) is 11.2. The number of carbonyl (C=O) groups excluding carboxylic acids is 1. The van der Waals surface area contributed by atoms with Gasteiger partial charge in [0.05, 0.1) is 19.8 Å². The molecule has 0 amide bonds. The molecule has 0 atom stereocenters. The molecule has 0 aliphatic heterocycles. The molecule has 0 heterocycles. The van der Waals surface area contributed by atoms with Crippen LogP contribution in [0, 0.1) is 0 Å². The van der Waals surface area contributed by atoms with Gasteiger partial charge in [0.2, 0.25) is 0 Å². The molecular formula is C15H30O4. The number of unbranched alkanes of at least 4 members (excludes halogenated alkanes) is 4. The van der Waals surface area contributed by atoms with Crippen LogP contribution in [0.1, 0.15) is 66.2 Å². The van der Waals surface area contributed by atoms with E-state index >= 15 is 0 Å². The van der Waals surface area contributed by atoms with Gasteiger partial charge in [-0.05, 0) is 19.8 Å². The lowest BCUT2D eigenvalue weighted by Gasteiger charge is -2.27. The molecule has 0 saturated carbocycles. The van der Waals surface area contributed by atoms with Gasteiger partial charge in [-0.25, -0.2) is 4.79 Å². The third-order valence-corrected chi connectivity index (χ3v) is 2.90. The second-order valence-electron chi connectivity index (χ2n) is 4.78. The molecule has 4 heteroatoms. The molecule has 0 aromatic carbocycles. The van der Waals surface area contributed by atoms with Crippen molar-refractivity contribution >= 4 is 5.97 Å². The minimum Gasteiger partial charge on any atom is -0.462 e. The van der Waals surface area contributed by atoms with E-state index in [0.29, 0.717) is 19.8 Å². The van der Waals surface area contributed by atoms with Gasteiger partial charge in [0.15, 0.2) is 0 Å². The quantitative estimate of drug-likeness (QED) is 0.309. The van der Waals surface area contributed by atoms with E-state index in [0.717, 1.165) is 38.5 Å². The average molecular weight is 274 g/mol. The van der Waals surface area contributed by atoms with Crippen LogP contribution in [-0.4, -0.2) is 31.6 Å². The lowest BCUT2D eigenvalue weighted by Crippen LogP contribution is -2.43. The molecule has 0 bridgehead atoms. The minimum absolute atomic E-state index is 0.338. The maximum absolute atomic E-state index is 11.9. The Balaban J connectivity index is 4.23. The summed E-state index contributed by atoms with van der Waals surface area (Å²) >= 11 is 0. The topological polar surface area (TPSA) is 44.8 Å². The van der Waals surface area contributed by atoms with Crippen molar-refractivity contribution in [2.24, 2.45) is 0 Å². The second-order valence-corrected chi connectivity index (χ2v) is 4.78. The molecule has 0 spiro atoms. The SMILES string of the molecule is CCCCCOC(C)(OCCCCC)C(=O)OCC. The lowest BCUT2D eigenvalue weighted by atomic mass is 10.2. The predicted octanol–water partition coefficient (Wildman–Crippen LogP) is 3.68. The van der Waals surface area contributed by atoms with Gasteiger partial charge in [-0.15, -0.1) is 0 Å². The van der Waals surface area contributed by atoms with Crippen LogP contribution in [0.2, 0.25) is 0 Å². The Morgan fingerprint density at radius 2 is 1.37 bits per heavy atom. The zero-order chi connectivity index (χ0) is 14.6. The number of hydrogen-bond donors (Lipinski definition) is 0. The summed E-state index contributed by atoms with van der Waals surface area (Å²) in [6, 6.07) is 0. The fourth-order valence-corrected chi connectivity index (χ4v) is 1.66. The van der Waals surface area contributed by atoms with Crippen LogP contribution in [0.4, 0.5) is 0 Å². The fraction of sp³-hybridized carbons (Fsp3) is 0.933. The normalized spacial score (nSPS) is 11.6. The number of carbonyl (C=O) groups is 1. The highest BCUT2D eigenvalue weighted by atomic mass is 16.7. The van der Waals surface area contributed by atoms with E-state index in [1.807, 2.05) is 0 Å². The molecule has 0 saturated heterocycles. The molecule has 0 N–H and O–H groups in total. The maximum Gasteiger partial charge on any atom is 0.366 e. The van der Waals surface area contributed by atoms with Gasteiger partial charge in [-0.2, -0.15) is 0 Å². The summed E-state index contributed by atoms with van der Waals surface area (Å²) < 4.78 is 16.3. The molecule has 0 fully saturated rings. The Morgan fingerprint density at radius 1 is 0.895 bits per heavy atom. The summed E-state index contributed by atoms with van der Waals surface area (Å²) in [5.41, 5.74) is 0. The predicted molar refractivity (Wildman–Crippen MR) is 76.0 cm³/mol. The highest BCUT2D eigenvalue weighted by molar-refractivity contribution is 5.77. The summed E-state index contributed by atoms with van der Waals surface area (Å²) in [5, 5.41) is 0. The van der Waals surface area contributed by atoms with Crippen molar-refractivity contribution in [3.05, 3.63) is 0 Å². The molecular weight excluding hydrogens is 244 g/mol. The van der Waals surface area contributed by atoms with Crippen molar-refractivity contribution < 1.29 is 19.0 Å².